The predicted octanol–water partition coefficient (Wildman–Crippen LogP) is 2.26. The van der Waals surface area contributed by atoms with Gasteiger partial charge in [0.25, 0.3) is 0 Å². The van der Waals surface area contributed by atoms with E-state index < -0.39 is 5.41 Å². The number of rotatable bonds is 5. The summed E-state index contributed by atoms with van der Waals surface area (Å²) in [5.74, 6) is 0.391. The molecule has 3 N–H and O–H groups in total. The first-order chi connectivity index (χ1) is 10.1. The van der Waals surface area contributed by atoms with Gasteiger partial charge >= 0.3 is 0 Å². The van der Waals surface area contributed by atoms with Crippen LogP contribution in [0.4, 0.5) is 0 Å². The second-order valence-electron chi connectivity index (χ2n) is 6.20. The minimum absolute atomic E-state index is 0.0185. The number of nitrogens with two attached hydrogens (primary N) is 1. The van der Waals surface area contributed by atoms with Crippen molar-refractivity contribution in [3.63, 3.8) is 0 Å². The van der Waals surface area contributed by atoms with E-state index in [0.717, 1.165) is 5.56 Å². The third-order valence-corrected chi connectivity index (χ3v) is 4.43. The first-order valence-electron chi connectivity index (χ1n) is 7.73. The van der Waals surface area contributed by atoms with Crippen LogP contribution in [0.5, 0.6) is 0 Å². The van der Waals surface area contributed by atoms with Gasteiger partial charge in [0.05, 0.1) is 11.5 Å². The Labute approximate surface area is 127 Å². The lowest BCUT2D eigenvalue weighted by Crippen LogP contribution is -2.50. The second kappa shape index (κ2) is 7.05. The maximum Gasteiger partial charge on any atom is 0.228 e. The molecule has 1 fully saturated rings. The summed E-state index contributed by atoms with van der Waals surface area (Å²) in [7, 11) is 0. The molecule has 21 heavy (non-hydrogen) atoms. The molecule has 1 unspecified atom stereocenters. The zero-order valence-corrected chi connectivity index (χ0v) is 13.0. The highest BCUT2D eigenvalue weighted by atomic mass is 16.5. The van der Waals surface area contributed by atoms with Gasteiger partial charge in [-0.15, -0.1) is 0 Å². The van der Waals surface area contributed by atoms with Crippen molar-refractivity contribution in [2.45, 2.75) is 32.7 Å². The van der Waals surface area contributed by atoms with E-state index in [1.807, 2.05) is 18.2 Å². The summed E-state index contributed by atoms with van der Waals surface area (Å²) in [4.78, 5) is 12.8. The quantitative estimate of drug-likeness (QED) is 0.874. The molecule has 1 amide bonds. The highest BCUT2D eigenvalue weighted by Gasteiger charge is 2.39. The third kappa shape index (κ3) is 3.63. The maximum atomic E-state index is 12.8. The van der Waals surface area contributed by atoms with Crippen molar-refractivity contribution in [1.82, 2.24) is 5.32 Å². The van der Waals surface area contributed by atoms with Gasteiger partial charge in [0.15, 0.2) is 0 Å². The number of hydrogen-bond acceptors (Lipinski definition) is 3. The highest BCUT2D eigenvalue weighted by Crippen LogP contribution is 2.31. The van der Waals surface area contributed by atoms with Crippen molar-refractivity contribution in [3.8, 4) is 0 Å². The summed E-state index contributed by atoms with van der Waals surface area (Å²) in [6, 6.07) is 10.1. The standard InChI is InChI=1S/C17H26N2O2/c1-13(2)15(14-6-4-3-5-7-14)19-16(20)17(12-18)8-10-21-11-9-17/h3-7,13,15H,8-12,18H2,1-2H3,(H,19,20). The fraction of sp³-hybridized carbons (Fsp3) is 0.588. The fourth-order valence-corrected chi connectivity index (χ4v) is 2.88. The van der Waals surface area contributed by atoms with Crippen LogP contribution in [0.3, 0.4) is 0 Å². The van der Waals surface area contributed by atoms with E-state index in [4.69, 9.17) is 10.5 Å². The van der Waals surface area contributed by atoms with Crippen LogP contribution in [-0.4, -0.2) is 25.7 Å². The lowest BCUT2D eigenvalue weighted by molar-refractivity contribution is -0.137. The molecule has 0 aliphatic carbocycles. The molecule has 1 heterocycles. The molecule has 4 nitrogen and oxygen atoms in total. The Bertz CT molecular complexity index is 453. The molecule has 0 bridgehead atoms. The number of amides is 1. The van der Waals surface area contributed by atoms with Gasteiger partial charge < -0.3 is 15.8 Å². The SMILES string of the molecule is CC(C)C(NC(=O)C1(CN)CCOCC1)c1ccccc1. The third-order valence-electron chi connectivity index (χ3n) is 4.43. The summed E-state index contributed by atoms with van der Waals surface area (Å²) >= 11 is 0. The van der Waals surface area contributed by atoms with Crippen LogP contribution in [0.1, 0.15) is 38.3 Å². The molecule has 4 heteroatoms. The summed E-state index contributed by atoms with van der Waals surface area (Å²) in [6.07, 6.45) is 1.41. The minimum Gasteiger partial charge on any atom is -0.381 e. The van der Waals surface area contributed by atoms with Crippen molar-refractivity contribution in [3.05, 3.63) is 35.9 Å². The molecule has 1 aromatic rings. The van der Waals surface area contributed by atoms with Gasteiger partial charge in [-0.3, -0.25) is 4.79 Å². The average Bonchev–Trinajstić information content (AvgIpc) is 2.53. The second-order valence-corrected chi connectivity index (χ2v) is 6.20. The zero-order valence-electron chi connectivity index (χ0n) is 13.0. The zero-order chi connectivity index (χ0) is 15.3. The molecule has 1 aliphatic rings. The summed E-state index contributed by atoms with van der Waals surface area (Å²) in [5.41, 5.74) is 6.58. The Kier molecular flexibility index (Phi) is 5.37. The van der Waals surface area contributed by atoms with Crippen LogP contribution >= 0.6 is 0 Å². The maximum absolute atomic E-state index is 12.8. The molecule has 1 aliphatic heterocycles. The number of benzene rings is 1. The fourth-order valence-electron chi connectivity index (χ4n) is 2.88. The Morgan fingerprint density at radius 1 is 1.29 bits per heavy atom. The van der Waals surface area contributed by atoms with Gasteiger partial charge in [-0.1, -0.05) is 44.2 Å². The predicted molar refractivity (Wildman–Crippen MR) is 83.7 cm³/mol. The van der Waals surface area contributed by atoms with E-state index >= 15 is 0 Å². The highest BCUT2D eigenvalue weighted by molar-refractivity contribution is 5.83. The van der Waals surface area contributed by atoms with Gasteiger partial charge in [0.2, 0.25) is 5.91 Å². The molecular weight excluding hydrogens is 264 g/mol. The molecule has 0 radical (unpaired) electrons. The molecule has 116 valence electrons. The van der Waals surface area contributed by atoms with Crippen LogP contribution in [0.2, 0.25) is 0 Å². The van der Waals surface area contributed by atoms with Crippen molar-refractivity contribution >= 4 is 5.91 Å². The van der Waals surface area contributed by atoms with Crippen molar-refractivity contribution in [1.29, 1.82) is 0 Å². The number of hydrogen-bond donors (Lipinski definition) is 2. The lowest BCUT2D eigenvalue weighted by atomic mass is 9.78. The summed E-state index contributed by atoms with van der Waals surface area (Å²) < 4.78 is 5.38. The molecule has 0 spiro atoms. The van der Waals surface area contributed by atoms with Crippen molar-refractivity contribution < 1.29 is 9.53 Å². The summed E-state index contributed by atoms with van der Waals surface area (Å²) in [6.45, 7) is 5.85. The topological polar surface area (TPSA) is 64.4 Å². The molecule has 1 atom stereocenters. The molecule has 1 saturated heterocycles. The van der Waals surface area contributed by atoms with Crippen LogP contribution in [0.25, 0.3) is 0 Å². The Morgan fingerprint density at radius 3 is 2.43 bits per heavy atom. The Balaban J connectivity index is 2.14. The van der Waals surface area contributed by atoms with E-state index in [0.29, 0.717) is 38.5 Å². The van der Waals surface area contributed by atoms with Crippen molar-refractivity contribution in [2.75, 3.05) is 19.8 Å². The Morgan fingerprint density at radius 2 is 1.90 bits per heavy atom. The Hall–Kier alpha value is -1.39. The normalized spacial score (nSPS) is 19.2. The van der Waals surface area contributed by atoms with E-state index in [9.17, 15) is 4.79 Å². The minimum atomic E-state index is -0.472. The van der Waals surface area contributed by atoms with Crippen LogP contribution in [-0.2, 0) is 9.53 Å². The van der Waals surface area contributed by atoms with Crippen molar-refractivity contribution in [2.24, 2.45) is 17.1 Å². The van der Waals surface area contributed by atoms with E-state index in [2.05, 4.69) is 31.3 Å². The molecular formula is C17H26N2O2. The van der Waals surface area contributed by atoms with Crippen LogP contribution in [0.15, 0.2) is 30.3 Å². The van der Waals surface area contributed by atoms with E-state index in [1.165, 1.54) is 0 Å². The molecule has 0 saturated carbocycles. The van der Waals surface area contributed by atoms with E-state index in [1.54, 1.807) is 0 Å². The monoisotopic (exact) mass is 290 g/mol. The molecule has 1 aromatic carbocycles. The van der Waals surface area contributed by atoms with Crippen LogP contribution in [0, 0.1) is 11.3 Å². The summed E-state index contributed by atoms with van der Waals surface area (Å²) in [5, 5.41) is 3.22. The van der Waals surface area contributed by atoms with E-state index in [-0.39, 0.29) is 11.9 Å². The largest absolute Gasteiger partial charge is 0.381 e. The molecule has 2 rings (SSSR count). The molecule has 0 aromatic heterocycles. The van der Waals surface area contributed by atoms with Gasteiger partial charge in [0.1, 0.15) is 0 Å². The lowest BCUT2D eigenvalue weighted by Gasteiger charge is -2.36. The number of carbonyl (C=O) groups excluding carboxylic acids is 1. The van der Waals surface area contributed by atoms with Gasteiger partial charge in [-0.25, -0.2) is 0 Å². The first kappa shape index (κ1) is 16.0. The first-order valence-corrected chi connectivity index (χ1v) is 7.73. The number of nitrogens with one attached hydrogen (secondary N) is 1. The number of ether oxygens (including phenoxy) is 1. The van der Waals surface area contributed by atoms with Crippen LogP contribution < -0.4 is 11.1 Å². The average molecular weight is 290 g/mol. The van der Waals surface area contributed by atoms with Gasteiger partial charge in [-0.2, -0.15) is 0 Å². The smallest absolute Gasteiger partial charge is 0.228 e. The number of carbonyl (C=O) groups is 1. The van der Waals surface area contributed by atoms with Gasteiger partial charge in [0, 0.05) is 19.8 Å². The van der Waals surface area contributed by atoms with Gasteiger partial charge in [-0.05, 0) is 24.3 Å².